The number of carbonyl (C=O) groups is 3. The van der Waals surface area contributed by atoms with Gasteiger partial charge in [-0.15, -0.1) is 0 Å². The van der Waals surface area contributed by atoms with Crippen molar-refractivity contribution in [2.75, 3.05) is 0 Å². The monoisotopic (exact) mass is 218 g/mol. The van der Waals surface area contributed by atoms with E-state index in [-0.39, 0.29) is 12.8 Å². The number of carbonyl (C=O) groups excluding carboxylic acids is 2. The summed E-state index contributed by atoms with van der Waals surface area (Å²) in [6.45, 7) is 1.36. The maximum atomic E-state index is 11.1. The molecule has 0 aromatic carbocycles. The Hall–Kier alpha value is -1.47. The number of carboxylic acid groups (broad SMARTS) is 1. The number of carboxylic acids is 1. The first-order valence-corrected chi connectivity index (χ1v) is 4.33. The van der Waals surface area contributed by atoms with E-state index in [0.717, 1.165) is 0 Å². The summed E-state index contributed by atoms with van der Waals surface area (Å²) in [5.41, 5.74) is 10.4. The average Bonchev–Trinajstić information content (AvgIpc) is 2.13. The Morgan fingerprint density at radius 3 is 2.20 bits per heavy atom. The summed E-state index contributed by atoms with van der Waals surface area (Å²) >= 11 is 0. The molecule has 0 aliphatic rings. The minimum atomic E-state index is -1.12. The van der Waals surface area contributed by atoms with E-state index in [9.17, 15) is 14.4 Å². The summed E-state index contributed by atoms with van der Waals surface area (Å²) in [4.78, 5) is 32.1. The third-order valence-corrected chi connectivity index (χ3v) is 1.54. The van der Waals surface area contributed by atoms with Crippen LogP contribution in [0.1, 0.15) is 19.8 Å². The van der Waals surface area contributed by atoms with E-state index >= 15 is 0 Å². The molecule has 0 aromatic rings. The normalized spacial score (nSPS) is 14.1. The predicted octanol–water partition coefficient (Wildman–Crippen LogP) is -1.40. The zero-order chi connectivity index (χ0) is 12.0. The molecule has 86 valence electrons. The summed E-state index contributed by atoms with van der Waals surface area (Å²) in [5, 5.41) is 8.32. The maximum Gasteiger partial charge on any atom is 0.330 e. The van der Waals surface area contributed by atoms with Crippen molar-refractivity contribution in [2.45, 2.75) is 31.8 Å². The van der Waals surface area contributed by atoms with Crippen LogP contribution in [0, 0.1) is 0 Å². The van der Waals surface area contributed by atoms with Gasteiger partial charge < -0.3 is 21.3 Å². The van der Waals surface area contributed by atoms with Crippen LogP contribution in [0.5, 0.6) is 0 Å². The van der Waals surface area contributed by atoms with Gasteiger partial charge in [-0.25, -0.2) is 9.59 Å². The molecule has 0 bridgehead atoms. The second-order valence-electron chi connectivity index (χ2n) is 3.07. The molecule has 0 aliphatic carbocycles. The smallest absolute Gasteiger partial charge is 0.330 e. The van der Waals surface area contributed by atoms with Gasteiger partial charge in [0, 0.05) is 6.42 Å². The molecule has 1 unspecified atom stereocenters. The fraction of sp³-hybridized carbons (Fsp3) is 0.625. The van der Waals surface area contributed by atoms with E-state index in [4.69, 9.17) is 16.6 Å². The number of hydrogen-bond acceptors (Lipinski definition) is 6. The summed E-state index contributed by atoms with van der Waals surface area (Å²) in [5.74, 6) is -2.92. The molecule has 0 saturated heterocycles. The van der Waals surface area contributed by atoms with Gasteiger partial charge >= 0.3 is 17.9 Å². The van der Waals surface area contributed by atoms with Gasteiger partial charge in [-0.1, -0.05) is 0 Å². The Morgan fingerprint density at radius 2 is 1.80 bits per heavy atom. The molecule has 0 amide bonds. The lowest BCUT2D eigenvalue weighted by molar-refractivity contribution is -0.161. The fourth-order valence-corrected chi connectivity index (χ4v) is 0.665. The highest BCUT2D eigenvalue weighted by Gasteiger charge is 2.21. The van der Waals surface area contributed by atoms with Crippen LogP contribution in [-0.4, -0.2) is 35.1 Å². The molecule has 0 fully saturated rings. The quantitative estimate of drug-likeness (QED) is 0.381. The number of esters is 2. The molecule has 0 radical (unpaired) electrons. The first kappa shape index (κ1) is 13.5. The molecule has 0 saturated carbocycles. The molecule has 0 heterocycles. The lowest BCUT2D eigenvalue weighted by Gasteiger charge is -2.10. The van der Waals surface area contributed by atoms with Crippen LogP contribution < -0.4 is 11.5 Å². The van der Waals surface area contributed by atoms with Crippen LogP contribution in [0.25, 0.3) is 0 Å². The van der Waals surface area contributed by atoms with Crippen molar-refractivity contribution in [3.8, 4) is 0 Å². The summed E-state index contributed by atoms with van der Waals surface area (Å²) in [7, 11) is 0. The van der Waals surface area contributed by atoms with Gasteiger partial charge in [0.1, 0.15) is 12.1 Å². The van der Waals surface area contributed by atoms with Gasteiger partial charge in [0.2, 0.25) is 0 Å². The molecule has 5 N–H and O–H groups in total. The molecule has 2 atom stereocenters. The maximum absolute atomic E-state index is 11.1. The zero-order valence-corrected chi connectivity index (χ0v) is 8.30. The van der Waals surface area contributed by atoms with E-state index in [1.54, 1.807) is 0 Å². The molecular formula is C8H14N2O5. The van der Waals surface area contributed by atoms with Crippen molar-refractivity contribution in [1.82, 2.24) is 0 Å². The highest BCUT2D eigenvalue weighted by Crippen LogP contribution is 1.98. The lowest BCUT2D eigenvalue weighted by Crippen LogP contribution is -2.38. The highest BCUT2D eigenvalue weighted by molar-refractivity contribution is 5.90. The van der Waals surface area contributed by atoms with Crippen molar-refractivity contribution in [3.63, 3.8) is 0 Å². The van der Waals surface area contributed by atoms with Crippen LogP contribution in [0.2, 0.25) is 0 Å². The van der Waals surface area contributed by atoms with Gasteiger partial charge in [-0.2, -0.15) is 0 Å². The highest BCUT2D eigenvalue weighted by atomic mass is 16.6. The van der Waals surface area contributed by atoms with Crippen LogP contribution >= 0.6 is 0 Å². The number of ether oxygens (including phenoxy) is 1. The van der Waals surface area contributed by atoms with Crippen LogP contribution in [0.3, 0.4) is 0 Å². The summed E-state index contributed by atoms with van der Waals surface area (Å²) in [6.07, 6.45) is -0.344. The van der Waals surface area contributed by atoms with Crippen molar-refractivity contribution >= 4 is 17.9 Å². The van der Waals surface area contributed by atoms with Crippen molar-refractivity contribution < 1.29 is 24.2 Å². The molecule has 0 spiro atoms. The Bertz CT molecular complexity index is 264. The van der Waals surface area contributed by atoms with Crippen molar-refractivity contribution in [2.24, 2.45) is 11.5 Å². The Morgan fingerprint density at radius 1 is 1.27 bits per heavy atom. The lowest BCUT2D eigenvalue weighted by atomic mass is 10.2. The SMILES string of the molecule is CC(N)C(=O)OC(=O)[C@@H](N)CCC(=O)O. The largest absolute Gasteiger partial charge is 0.481 e. The number of hydrogen-bond donors (Lipinski definition) is 3. The van der Waals surface area contributed by atoms with E-state index in [1.165, 1.54) is 6.92 Å². The predicted molar refractivity (Wildman–Crippen MR) is 49.6 cm³/mol. The first-order valence-electron chi connectivity index (χ1n) is 4.33. The number of rotatable bonds is 5. The average molecular weight is 218 g/mol. The topological polar surface area (TPSA) is 133 Å². The third kappa shape index (κ3) is 5.76. The van der Waals surface area contributed by atoms with Gasteiger partial charge in [0.15, 0.2) is 0 Å². The second kappa shape index (κ2) is 6.10. The van der Waals surface area contributed by atoms with Gasteiger partial charge in [0.25, 0.3) is 0 Å². The summed E-state index contributed by atoms with van der Waals surface area (Å²) in [6, 6.07) is -2.04. The fourth-order valence-electron chi connectivity index (χ4n) is 0.665. The van der Waals surface area contributed by atoms with Gasteiger partial charge in [-0.3, -0.25) is 4.79 Å². The van der Waals surface area contributed by atoms with Crippen molar-refractivity contribution in [1.29, 1.82) is 0 Å². The van der Waals surface area contributed by atoms with E-state index in [2.05, 4.69) is 4.74 Å². The van der Waals surface area contributed by atoms with Crippen LogP contribution in [-0.2, 0) is 19.1 Å². The standard InChI is InChI=1S/C8H14N2O5/c1-4(9)7(13)15-8(14)5(10)2-3-6(11)12/h4-5H,2-3,9-10H2,1H3,(H,11,12)/t4?,5-/m0/s1. The Balaban J connectivity index is 3.99. The van der Waals surface area contributed by atoms with E-state index in [0.29, 0.717) is 0 Å². The molecular weight excluding hydrogens is 204 g/mol. The third-order valence-electron chi connectivity index (χ3n) is 1.54. The zero-order valence-electron chi connectivity index (χ0n) is 8.30. The molecule has 0 aliphatic heterocycles. The van der Waals surface area contributed by atoms with E-state index < -0.39 is 30.0 Å². The van der Waals surface area contributed by atoms with Gasteiger partial charge in [-0.05, 0) is 13.3 Å². The van der Waals surface area contributed by atoms with Crippen LogP contribution in [0.4, 0.5) is 0 Å². The molecule has 7 heteroatoms. The van der Waals surface area contributed by atoms with Crippen molar-refractivity contribution in [3.05, 3.63) is 0 Å². The number of aliphatic carboxylic acids is 1. The molecule has 0 rings (SSSR count). The first-order chi connectivity index (χ1) is 6.84. The number of nitrogens with two attached hydrogens (primary N) is 2. The minimum Gasteiger partial charge on any atom is -0.481 e. The molecule has 15 heavy (non-hydrogen) atoms. The molecule has 7 nitrogen and oxygen atoms in total. The Kier molecular flexibility index (Phi) is 5.50. The minimum absolute atomic E-state index is 0.0829. The molecule has 0 aromatic heterocycles. The van der Waals surface area contributed by atoms with E-state index in [1.807, 2.05) is 0 Å². The Labute approximate surface area is 86.4 Å². The van der Waals surface area contributed by atoms with Crippen LogP contribution in [0.15, 0.2) is 0 Å². The van der Waals surface area contributed by atoms with Gasteiger partial charge in [0.05, 0.1) is 0 Å². The summed E-state index contributed by atoms with van der Waals surface area (Å²) < 4.78 is 4.29. The second-order valence-corrected chi connectivity index (χ2v) is 3.07.